The molecule has 0 unspecified atom stereocenters. The second-order valence-electron chi connectivity index (χ2n) is 7.43. The average molecular weight is 319 g/mol. The van der Waals surface area contributed by atoms with Gasteiger partial charge in [-0.1, -0.05) is 20.8 Å². The standard InChI is InChI=1S/C17H25N3O3/c1-10(2)7-20-15(12-4-5-12)13(6-18-20)16(21)19-8-11(3)14(9-19)17(22)23/h6,10-12,14H,4-5,7-9H2,1-3H3,(H,22,23)/t11-,14-/m1/s1. The predicted molar refractivity (Wildman–Crippen MR) is 85.2 cm³/mol. The molecule has 1 N–H and O–H groups in total. The number of likely N-dealkylation sites (tertiary alicyclic amines) is 1. The summed E-state index contributed by atoms with van der Waals surface area (Å²) in [5.41, 5.74) is 1.72. The van der Waals surface area contributed by atoms with E-state index in [1.54, 1.807) is 11.1 Å². The first-order valence-corrected chi connectivity index (χ1v) is 8.46. The van der Waals surface area contributed by atoms with Crippen molar-refractivity contribution in [1.82, 2.24) is 14.7 Å². The van der Waals surface area contributed by atoms with Crippen LogP contribution >= 0.6 is 0 Å². The lowest BCUT2D eigenvalue weighted by atomic mass is 9.99. The van der Waals surface area contributed by atoms with Crippen LogP contribution in [0.2, 0.25) is 0 Å². The molecule has 1 aromatic rings. The number of aliphatic carboxylic acids is 1. The summed E-state index contributed by atoms with van der Waals surface area (Å²) < 4.78 is 1.98. The minimum absolute atomic E-state index is 0.00784. The lowest BCUT2D eigenvalue weighted by Crippen LogP contribution is -2.30. The van der Waals surface area contributed by atoms with Gasteiger partial charge in [0.25, 0.3) is 5.91 Å². The third-order valence-corrected chi connectivity index (χ3v) is 4.83. The van der Waals surface area contributed by atoms with Crippen LogP contribution in [0.4, 0.5) is 0 Å². The lowest BCUT2D eigenvalue weighted by molar-refractivity contribution is -0.142. The van der Waals surface area contributed by atoms with Crippen LogP contribution in [0.5, 0.6) is 0 Å². The fraction of sp³-hybridized carbons (Fsp3) is 0.706. The first-order chi connectivity index (χ1) is 10.9. The topological polar surface area (TPSA) is 75.4 Å². The van der Waals surface area contributed by atoms with Crippen molar-refractivity contribution in [3.05, 3.63) is 17.5 Å². The molecule has 0 spiro atoms. The molecule has 3 rings (SSSR count). The molecule has 1 saturated carbocycles. The largest absolute Gasteiger partial charge is 0.481 e. The number of hydrogen-bond donors (Lipinski definition) is 1. The van der Waals surface area contributed by atoms with Crippen molar-refractivity contribution in [3.8, 4) is 0 Å². The van der Waals surface area contributed by atoms with Gasteiger partial charge in [0.2, 0.25) is 0 Å². The van der Waals surface area contributed by atoms with Crippen molar-refractivity contribution in [2.45, 2.75) is 46.1 Å². The number of hydrogen-bond acceptors (Lipinski definition) is 3. The molecule has 6 heteroatoms. The molecule has 1 amide bonds. The first-order valence-electron chi connectivity index (χ1n) is 8.46. The van der Waals surface area contributed by atoms with Crippen molar-refractivity contribution < 1.29 is 14.7 Å². The van der Waals surface area contributed by atoms with Gasteiger partial charge < -0.3 is 10.0 Å². The summed E-state index contributed by atoms with van der Waals surface area (Å²) >= 11 is 0. The maximum atomic E-state index is 12.9. The Morgan fingerprint density at radius 2 is 2.04 bits per heavy atom. The molecule has 2 atom stereocenters. The Kier molecular flexibility index (Phi) is 4.17. The van der Waals surface area contributed by atoms with Crippen LogP contribution in [-0.2, 0) is 11.3 Å². The van der Waals surface area contributed by atoms with Crippen molar-refractivity contribution in [2.24, 2.45) is 17.8 Å². The van der Waals surface area contributed by atoms with Gasteiger partial charge in [0.1, 0.15) is 0 Å². The lowest BCUT2D eigenvalue weighted by Gasteiger charge is -2.17. The summed E-state index contributed by atoms with van der Waals surface area (Å²) in [6.45, 7) is 7.80. The monoisotopic (exact) mass is 319 g/mol. The molecular formula is C17H25N3O3. The molecule has 2 fully saturated rings. The van der Waals surface area contributed by atoms with Gasteiger partial charge in [0.05, 0.1) is 23.4 Å². The number of carbonyl (C=O) groups is 2. The second kappa shape index (κ2) is 5.98. The van der Waals surface area contributed by atoms with E-state index in [-0.39, 0.29) is 11.8 Å². The molecule has 2 aliphatic rings. The zero-order valence-electron chi connectivity index (χ0n) is 14.0. The summed E-state index contributed by atoms with van der Waals surface area (Å²) in [4.78, 5) is 25.9. The van der Waals surface area contributed by atoms with E-state index < -0.39 is 11.9 Å². The van der Waals surface area contributed by atoms with Crippen LogP contribution in [0.1, 0.15) is 55.6 Å². The van der Waals surface area contributed by atoms with Gasteiger partial charge in [-0.05, 0) is 24.7 Å². The van der Waals surface area contributed by atoms with Gasteiger partial charge in [-0.2, -0.15) is 5.10 Å². The van der Waals surface area contributed by atoms with Crippen molar-refractivity contribution in [3.63, 3.8) is 0 Å². The van der Waals surface area contributed by atoms with E-state index in [0.29, 0.717) is 30.5 Å². The van der Waals surface area contributed by atoms with E-state index in [2.05, 4.69) is 18.9 Å². The quantitative estimate of drug-likeness (QED) is 0.903. The van der Waals surface area contributed by atoms with Crippen LogP contribution in [-0.4, -0.2) is 44.8 Å². The number of rotatable bonds is 5. The van der Waals surface area contributed by atoms with Crippen molar-refractivity contribution >= 4 is 11.9 Å². The maximum absolute atomic E-state index is 12.9. The molecule has 2 heterocycles. The number of carbonyl (C=O) groups excluding carboxylic acids is 1. The normalized spacial score (nSPS) is 24.4. The van der Waals surface area contributed by atoms with Gasteiger partial charge in [-0.25, -0.2) is 0 Å². The second-order valence-corrected chi connectivity index (χ2v) is 7.43. The van der Waals surface area contributed by atoms with Crippen LogP contribution in [0.3, 0.4) is 0 Å². The molecule has 126 valence electrons. The highest BCUT2D eigenvalue weighted by atomic mass is 16.4. The number of aromatic nitrogens is 2. The third kappa shape index (κ3) is 3.12. The SMILES string of the molecule is CC(C)Cn1ncc(C(=O)N2C[C@@H](C)[C@H](C(=O)O)C2)c1C1CC1. The van der Waals surface area contributed by atoms with Crippen LogP contribution in [0, 0.1) is 17.8 Å². The first kappa shape index (κ1) is 16.0. The van der Waals surface area contributed by atoms with E-state index in [1.165, 1.54) is 0 Å². The van der Waals surface area contributed by atoms with Crippen LogP contribution in [0.15, 0.2) is 6.20 Å². The molecule has 1 aromatic heterocycles. The molecule has 6 nitrogen and oxygen atoms in total. The predicted octanol–water partition coefficient (Wildman–Crippen LogP) is 2.21. The highest BCUT2D eigenvalue weighted by Gasteiger charge is 2.40. The fourth-order valence-electron chi connectivity index (χ4n) is 3.46. The zero-order chi connectivity index (χ0) is 16.7. The van der Waals surface area contributed by atoms with Gasteiger partial charge in [-0.15, -0.1) is 0 Å². The summed E-state index contributed by atoms with van der Waals surface area (Å²) in [5, 5.41) is 13.7. The zero-order valence-corrected chi connectivity index (χ0v) is 14.0. The minimum atomic E-state index is -0.814. The minimum Gasteiger partial charge on any atom is -0.481 e. The molecule has 0 aromatic carbocycles. The number of carboxylic acids is 1. The van der Waals surface area contributed by atoms with Crippen molar-refractivity contribution in [1.29, 1.82) is 0 Å². The van der Waals surface area contributed by atoms with E-state index >= 15 is 0 Å². The van der Waals surface area contributed by atoms with E-state index in [1.807, 2.05) is 11.6 Å². The Morgan fingerprint density at radius 3 is 2.57 bits per heavy atom. The highest BCUT2D eigenvalue weighted by Crippen LogP contribution is 2.42. The summed E-state index contributed by atoms with van der Waals surface area (Å²) in [6.07, 6.45) is 3.90. The van der Waals surface area contributed by atoms with E-state index in [9.17, 15) is 14.7 Å². The molecule has 1 aliphatic carbocycles. The number of carboxylic acid groups (broad SMARTS) is 1. The maximum Gasteiger partial charge on any atom is 0.308 e. The van der Waals surface area contributed by atoms with Gasteiger partial charge in [0.15, 0.2) is 0 Å². The van der Waals surface area contributed by atoms with Gasteiger partial charge in [0, 0.05) is 25.6 Å². The van der Waals surface area contributed by atoms with Gasteiger partial charge in [-0.3, -0.25) is 14.3 Å². The van der Waals surface area contributed by atoms with E-state index in [0.717, 1.165) is 25.1 Å². The average Bonchev–Trinajstić information content (AvgIpc) is 3.10. The Bertz CT molecular complexity index is 619. The van der Waals surface area contributed by atoms with Crippen molar-refractivity contribution in [2.75, 3.05) is 13.1 Å². The highest BCUT2D eigenvalue weighted by molar-refractivity contribution is 5.96. The smallest absolute Gasteiger partial charge is 0.308 e. The van der Waals surface area contributed by atoms with E-state index in [4.69, 9.17) is 0 Å². The third-order valence-electron chi connectivity index (χ3n) is 4.83. The molecule has 0 bridgehead atoms. The summed E-state index contributed by atoms with van der Waals surface area (Å²) in [5.74, 6) is -0.437. The molecule has 1 saturated heterocycles. The van der Waals surface area contributed by atoms with Crippen LogP contribution in [0.25, 0.3) is 0 Å². The Hall–Kier alpha value is -1.85. The Labute approximate surface area is 136 Å². The summed E-state index contributed by atoms with van der Waals surface area (Å²) in [7, 11) is 0. The Balaban J connectivity index is 1.83. The fourth-order valence-corrected chi connectivity index (χ4v) is 3.46. The molecule has 0 radical (unpaired) electrons. The number of amides is 1. The molecule has 23 heavy (non-hydrogen) atoms. The van der Waals surface area contributed by atoms with Gasteiger partial charge >= 0.3 is 5.97 Å². The summed E-state index contributed by atoms with van der Waals surface area (Å²) in [6, 6.07) is 0. The molecule has 1 aliphatic heterocycles. The number of nitrogens with zero attached hydrogens (tertiary/aromatic N) is 3. The Morgan fingerprint density at radius 1 is 1.35 bits per heavy atom. The van der Waals surface area contributed by atoms with Crippen LogP contribution < -0.4 is 0 Å². The molecular weight excluding hydrogens is 294 g/mol.